The number of nitrogens with one attached hydrogen (secondary N) is 1. The first kappa shape index (κ1) is 21.5. The summed E-state index contributed by atoms with van der Waals surface area (Å²) in [7, 11) is 1.89. The summed E-state index contributed by atoms with van der Waals surface area (Å²) < 4.78 is 16.0. The van der Waals surface area contributed by atoms with Crippen molar-refractivity contribution in [2.75, 3.05) is 19.7 Å². The number of rotatable bonds is 8. The molecule has 4 heterocycles. The molecule has 0 bridgehead atoms. The van der Waals surface area contributed by atoms with E-state index in [1.807, 2.05) is 31.8 Å². The fraction of sp³-hybridized carbons (Fsp3) is 0.522. The molecule has 8 heteroatoms. The van der Waals surface area contributed by atoms with Crippen LogP contribution in [0.5, 0.6) is 5.88 Å². The summed E-state index contributed by atoms with van der Waals surface area (Å²) in [6, 6.07) is 2.06. The maximum absolute atomic E-state index is 6.22. The molecule has 1 aliphatic rings. The second-order valence-electron chi connectivity index (χ2n) is 8.07. The minimum Gasteiger partial charge on any atom is -0.473 e. The molecule has 2 atom stereocenters. The Labute approximate surface area is 183 Å². The van der Waals surface area contributed by atoms with Crippen LogP contribution in [0.25, 0.3) is 28.2 Å². The normalized spacial score (nSPS) is 17.7. The monoisotopic (exact) mass is 424 g/mol. The van der Waals surface area contributed by atoms with Gasteiger partial charge in [0.2, 0.25) is 5.88 Å². The molecule has 4 rings (SSSR count). The van der Waals surface area contributed by atoms with Gasteiger partial charge in [-0.3, -0.25) is 4.98 Å². The third-order valence-corrected chi connectivity index (χ3v) is 5.66. The van der Waals surface area contributed by atoms with Crippen molar-refractivity contribution in [1.29, 1.82) is 0 Å². The van der Waals surface area contributed by atoms with Gasteiger partial charge in [0.05, 0.1) is 34.4 Å². The Kier molecular flexibility index (Phi) is 6.38. The molecule has 3 aromatic rings. The Morgan fingerprint density at radius 1 is 1.42 bits per heavy atom. The van der Waals surface area contributed by atoms with Gasteiger partial charge >= 0.3 is 0 Å². The quantitative estimate of drug-likeness (QED) is 0.592. The third-order valence-electron chi connectivity index (χ3n) is 5.66. The van der Waals surface area contributed by atoms with Crippen molar-refractivity contribution < 1.29 is 9.47 Å². The molecule has 1 saturated heterocycles. The van der Waals surface area contributed by atoms with E-state index in [0.29, 0.717) is 5.88 Å². The van der Waals surface area contributed by atoms with Gasteiger partial charge in [-0.05, 0) is 51.8 Å². The first-order valence-corrected chi connectivity index (χ1v) is 11.1. The van der Waals surface area contributed by atoms with Gasteiger partial charge < -0.3 is 14.8 Å². The van der Waals surface area contributed by atoms with Gasteiger partial charge in [-0.1, -0.05) is 13.5 Å². The van der Waals surface area contributed by atoms with Crippen molar-refractivity contribution >= 4 is 17.0 Å². The van der Waals surface area contributed by atoms with Crippen molar-refractivity contribution in [2.45, 2.75) is 52.4 Å². The van der Waals surface area contributed by atoms with E-state index in [-0.39, 0.29) is 12.3 Å². The summed E-state index contributed by atoms with van der Waals surface area (Å²) in [5.74, 6) is 0.708. The van der Waals surface area contributed by atoms with E-state index < -0.39 is 0 Å². The maximum Gasteiger partial charge on any atom is 0.221 e. The van der Waals surface area contributed by atoms with Gasteiger partial charge in [0.1, 0.15) is 6.10 Å². The van der Waals surface area contributed by atoms with Crippen molar-refractivity contribution in [3.8, 4) is 17.1 Å². The van der Waals surface area contributed by atoms with Gasteiger partial charge in [-0.15, -0.1) is 0 Å². The van der Waals surface area contributed by atoms with Crippen LogP contribution in [0.15, 0.2) is 18.8 Å². The second-order valence-corrected chi connectivity index (χ2v) is 8.07. The highest BCUT2D eigenvalue weighted by atomic mass is 16.5. The molecular weight excluding hydrogens is 392 g/mol. The van der Waals surface area contributed by atoms with Crippen LogP contribution in [0.4, 0.5) is 0 Å². The standard InChI is InChI=1S/C23H32N6O2/c1-6-19-17-12-20(18-14-25-28(5)23(18)31-15(3)13-24-7-2)26-16(4)22(17)29(27-19)21-10-8-9-11-30-21/h6,12,14-15,21,24H,1,7-11,13H2,2-5H3/t15-,21?/m1/s1. The number of aromatic nitrogens is 5. The summed E-state index contributed by atoms with van der Waals surface area (Å²) in [5.41, 5.74) is 4.42. The molecule has 0 spiro atoms. The highest BCUT2D eigenvalue weighted by Crippen LogP contribution is 2.35. The molecule has 1 unspecified atom stereocenters. The van der Waals surface area contributed by atoms with Crippen LogP contribution >= 0.6 is 0 Å². The lowest BCUT2D eigenvalue weighted by atomic mass is 10.1. The summed E-state index contributed by atoms with van der Waals surface area (Å²) in [6.07, 6.45) is 6.76. The topological polar surface area (TPSA) is 79.0 Å². The molecule has 0 saturated carbocycles. The number of likely N-dealkylation sites (N-methyl/N-ethyl adjacent to an activating group) is 1. The molecule has 0 aliphatic carbocycles. The van der Waals surface area contributed by atoms with Gasteiger partial charge in [-0.25, -0.2) is 9.36 Å². The van der Waals surface area contributed by atoms with Crippen LogP contribution in [-0.4, -0.2) is 50.3 Å². The largest absolute Gasteiger partial charge is 0.473 e. The Hall–Kier alpha value is -2.71. The zero-order valence-corrected chi connectivity index (χ0v) is 18.9. The zero-order valence-electron chi connectivity index (χ0n) is 18.9. The number of hydrogen-bond donors (Lipinski definition) is 1. The van der Waals surface area contributed by atoms with E-state index in [9.17, 15) is 0 Å². The van der Waals surface area contributed by atoms with Crippen molar-refractivity contribution in [2.24, 2.45) is 7.05 Å². The Morgan fingerprint density at radius 2 is 2.26 bits per heavy atom. The molecule has 0 radical (unpaired) electrons. The van der Waals surface area contributed by atoms with Gasteiger partial charge in [0.15, 0.2) is 6.23 Å². The molecule has 166 valence electrons. The molecular formula is C23H32N6O2. The predicted molar refractivity (Wildman–Crippen MR) is 122 cm³/mol. The van der Waals surface area contributed by atoms with Crippen LogP contribution in [0, 0.1) is 6.92 Å². The molecule has 0 aromatic carbocycles. The van der Waals surface area contributed by atoms with E-state index >= 15 is 0 Å². The summed E-state index contributed by atoms with van der Waals surface area (Å²) >= 11 is 0. The zero-order chi connectivity index (χ0) is 22.0. The fourth-order valence-corrected chi connectivity index (χ4v) is 4.11. The Balaban J connectivity index is 1.76. The minimum absolute atomic E-state index is 0.00821. The molecule has 1 fully saturated rings. The number of pyridine rings is 1. The first-order chi connectivity index (χ1) is 15.0. The van der Waals surface area contributed by atoms with Crippen molar-refractivity contribution in [1.82, 2.24) is 29.9 Å². The highest BCUT2D eigenvalue weighted by Gasteiger charge is 2.24. The minimum atomic E-state index is -0.0551. The molecule has 31 heavy (non-hydrogen) atoms. The average Bonchev–Trinajstić information content (AvgIpc) is 3.33. The van der Waals surface area contributed by atoms with Gasteiger partial charge in [0.25, 0.3) is 0 Å². The molecule has 8 nitrogen and oxygen atoms in total. The van der Waals surface area contributed by atoms with E-state index in [1.165, 1.54) is 0 Å². The Bertz CT molecular complexity index is 1060. The van der Waals surface area contributed by atoms with E-state index in [0.717, 1.165) is 72.5 Å². The lowest BCUT2D eigenvalue weighted by Crippen LogP contribution is -2.29. The number of hydrogen-bond acceptors (Lipinski definition) is 6. The van der Waals surface area contributed by atoms with Crippen LogP contribution in [-0.2, 0) is 11.8 Å². The van der Waals surface area contributed by atoms with Crippen molar-refractivity contribution in [3.63, 3.8) is 0 Å². The Morgan fingerprint density at radius 3 is 2.97 bits per heavy atom. The molecule has 0 amide bonds. The smallest absolute Gasteiger partial charge is 0.221 e. The van der Waals surface area contributed by atoms with Crippen LogP contribution in [0.1, 0.15) is 50.7 Å². The second kappa shape index (κ2) is 9.20. The third kappa shape index (κ3) is 4.22. The van der Waals surface area contributed by atoms with Crippen LogP contribution < -0.4 is 10.1 Å². The molecule has 1 aliphatic heterocycles. The van der Waals surface area contributed by atoms with E-state index in [2.05, 4.69) is 30.0 Å². The summed E-state index contributed by atoms with van der Waals surface area (Å²) in [6.45, 7) is 12.6. The average molecular weight is 425 g/mol. The summed E-state index contributed by atoms with van der Waals surface area (Å²) in [5, 5.41) is 13.6. The van der Waals surface area contributed by atoms with Gasteiger partial charge in [0, 0.05) is 25.6 Å². The van der Waals surface area contributed by atoms with E-state index in [1.54, 1.807) is 10.8 Å². The van der Waals surface area contributed by atoms with Crippen molar-refractivity contribution in [3.05, 3.63) is 30.2 Å². The lowest BCUT2D eigenvalue weighted by molar-refractivity contribution is -0.0368. The van der Waals surface area contributed by atoms with Gasteiger partial charge in [-0.2, -0.15) is 10.2 Å². The summed E-state index contributed by atoms with van der Waals surface area (Å²) in [4.78, 5) is 4.92. The fourth-order valence-electron chi connectivity index (χ4n) is 4.11. The highest BCUT2D eigenvalue weighted by molar-refractivity contribution is 5.91. The molecule has 1 N–H and O–H groups in total. The number of fused-ring (bicyclic) bond motifs is 1. The SMILES string of the molecule is C=Cc1nn(C2CCCCO2)c2c(C)nc(-c3cnn(C)c3O[C@H](C)CNCC)cc12. The first-order valence-electron chi connectivity index (χ1n) is 11.1. The van der Waals surface area contributed by atoms with Crippen LogP contribution in [0.2, 0.25) is 0 Å². The molecule has 3 aromatic heterocycles. The number of aryl methyl sites for hydroxylation is 2. The van der Waals surface area contributed by atoms with E-state index in [4.69, 9.17) is 19.6 Å². The lowest BCUT2D eigenvalue weighted by Gasteiger charge is -2.23. The number of ether oxygens (including phenoxy) is 2. The predicted octanol–water partition coefficient (Wildman–Crippen LogP) is 3.86. The van der Waals surface area contributed by atoms with Crippen LogP contribution in [0.3, 0.4) is 0 Å². The maximum atomic E-state index is 6.22. The number of nitrogens with zero attached hydrogens (tertiary/aromatic N) is 5.